The predicted octanol–water partition coefficient (Wildman–Crippen LogP) is 0.453. The van der Waals surface area contributed by atoms with Gasteiger partial charge >= 0.3 is 6.03 Å². The van der Waals surface area contributed by atoms with Crippen LogP contribution in [0.5, 0.6) is 0 Å². The highest BCUT2D eigenvalue weighted by Gasteiger charge is 2.33. The van der Waals surface area contributed by atoms with E-state index in [1.54, 1.807) is 7.11 Å². The van der Waals surface area contributed by atoms with Crippen LogP contribution < -0.4 is 5.32 Å². The number of nitrogens with one attached hydrogen (secondary N) is 1. The quantitative estimate of drug-likeness (QED) is 0.697. The molecule has 15 heavy (non-hydrogen) atoms. The minimum atomic E-state index is -0.227. The van der Waals surface area contributed by atoms with Gasteiger partial charge in [-0.05, 0) is 13.8 Å². The van der Waals surface area contributed by atoms with Crippen LogP contribution in [0.3, 0.4) is 0 Å². The molecule has 5 nitrogen and oxygen atoms in total. The van der Waals surface area contributed by atoms with Gasteiger partial charge in [-0.3, -0.25) is 0 Å². The first-order valence-electron chi connectivity index (χ1n) is 5.20. The fraction of sp³-hybridized carbons (Fsp3) is 0.900. The van der Waals surface area contributed by atoms with E-state index in [9.17, 15) is 4.79 Å². The van der Waals surface area contributed by atoms with Crippen LogP contribution in [0.4, 0.5) is 4.79 Å². The molecule has 0 spiro atoms. The standard InChI is InChI=1S/C10H20N2O3/c1-10(2)8-15-7-5-12(10)9(13)11-4-6-14-3/h4-8H2,1-3H3,(H,11,13). The summed E-state index contributed by atoms with van der Waals surface area (Å²) >= 11 is 0. The molecular weight excluding hydrogens is 196 g/mol. The van der Waals surface area contributed by atoms with Crippen LogP contribution in [0.15, 0.2) is 0 Å². The van der Waals surface area contributed by atoms with Crippen molar-refractivity contribution in [2.45, 2.75) is 19.4 Å². The second-order valence-electron chi connectivity index (χ2n) is 4.24. The summed E-state index contributed by atoms with van der Waals surface area (Å²) in [5, 5.41) is 2.82. The molecule has 0 aliphatic carbocycles. The average Bonchev–Trinajstić information content (AvgIpc) is 2.17. The third kappa shape index (κ3) is 3.35. The van der Waals surface area contributed by atoms with Crippen LogP contribution in [0.25, 0.3) is 0 Å². The molecule has 2 amide bonds. The third-order valence-corrected chi connectivity index (χ3v) is 2.47. The predicted molar refractivity (Wildman–Crippen MR) is 56.9 cm³/mol. The number of methoxy groups -OCH3 is 1. The van der Waals surface area contributed by atoms with Crippen molar-refractivity contribution in [1.29, 1.82) is 0 Å². The van der Waals surface area contributed by atoms with Crippen molar-refractivity contribution in [3.8, 4) is 0 Å². The van der Waals surface area contributed by atoms with Crippen LogP contribution in [0.1, 0.15) is 13.8 Å². The highest BCUT2D eigenvalue weighted by Crippen LogP contribution is 2.18. The molecule has 0 aromatic rings. The van der Waals surface area contributed by atoms with Gasteiger partial charge in [0.2, 0.25) is 0 Å². The van der Waals surface area contributed by atoms with Crippen molar-refractivity contribution in [2.24, 2.45) is 0 Å². The minimum Gasteiger partial charge on any atom is -0.383 e. The number of rotatable bonds is 3. The summed E-state index contributed by atoms with van der Waals surface area (Å²) in [5.41, 5.74) is -0.227. The van der Waals surface area contributed by atoms with Gasteiger partial charge in [0.25, 0.3) is 0 Å². The molecule has 0 bridgehead atoms. The summed E-state index contributed by atoms with van der Waals surface area (Å²) in [6.07, 6.45) is 0. The Morgan fingerprint density at radius 1 is 1.60 bits per heavy atom. The molecule has 0 unspecified atom stereocenters. The summed E-state index contributed by atoms with van der Waals surface area (Å²) in [4.78, 5) is 13.6. The number of ether oxygens (including phenoxy) is 2. The Morgan fingerprint density at radius 3 is 2.93 bits per heavy atom. The first-order chi connectivity index (χ1) is 7.08. The molecule has 1 heterocycles. The molecule has 1 fully saturated rings. The largest absolute Gasteiger partial charge is 0.383 e. The Labute approximate surface area is 90.7 Å². The van der Waals surface area contributed by atoms with Gasteiger partial charge in [-0.2, -0.15) is 0 Å². The van der Waals surface area contributed by atoms with Crippen molar-refractivity contribution < 1.29 is 14.3 Å². The zero-order chi connectivity index (χ0) is 11.3. The number of carbonyl (C=O) groups excluding carboxylic acids is 1. The lowest BCUT2D eigenvalue weighted by atomic mass is 10.0. The highest BCUT2D eigenvalue weighted by molar-refractivity contribution is 5.75. The summed E-state index contributed by atoms with van der Waals surface area (Å²) < 4.78 is 10.2. The number of hydrogen-bond donors (Lipinski definition) is 1. The number of carbonyl (C=O) groups is 1. The number of morpholine rings is 1. The molecule has 1 aliphatic rings. The van der Waals surface area contributed by atoms with Crippen molar-refractivity contribution in [2.75, 3.05) is 40.0 Å². The van der Waals surface area contributed by atoms with Gasteiger partial charge in [-0.25, -0.2) is 4.79 Å². The fourth-order valence-electron chi connectivity index (χ4n) is 1.59. The maximum atomic E-state index is 11.8. The van der Waals surface area contributed by atoms with Crippen LogP contribution in [-0.4, -0.2) is 56.5 Å². The molecule has 5 heteroatoms. The van der Waals surface area contributed by atoms with E-state index in [0.29, 0.717) is 32.9 Å². The maximum absolute atomic E-state index is 11.8. The molecule has 1 rings (SSSR count). The van der Waals surface area contributed by atoms with Crippen LogP contribution >= 0.6 is 0 Å². The Hall–Kier alpha value is -0.810. The van der Waals surface area contributed by atoms with Gasteiger partial charge in [0.15, 0.2) is 0 Å². The lowest BCUT2D eigenvalue weighted by Gasteiger charge is -2.41. The van der Waals surface area contributed by atoms with Crippen molar-refractivity contribution in [3.05, 3.63) is 0 Å². The summed E-state index contributed by atoms with van der Waals surface area (Å²) in [7, 11) is 1.62. The molecule has 0 atom stereocenters. The SMILES string of the molecule is COCCNC(=O)N1CCOCC1(C)C. The van der Waals surface area contributed by atoms with E-state index in [2.05, 4.69) is 5.32 Å². The summed E-state index contributed by atoms with van der Waals surface area (Å²) in [5.74, 6) is 0. The maximum Gasteiger partial charge on any atom is 0.318 e. The Balaban J connectivity index is 2.42. The Bertz CT molecular complexity index is 219. The van der Waals surface area contributed by atoms with E-state index in [1.165, 1.54) is 0 Å². The van der Waals surface area contributed by atoms with E-state index >= 15 is 0 Å². The van der Waals surface area contributed by atoms with Crippen molar-refractivity contribution in [3.63, 3.8) is 0 Å². The van der Waals surface area contributed by atoms with Crippen molar-refractivity contribution in [1.82, 2.24) is 10.2 Å². The normalized spacial score (nSPS) is 20.1. The van der Waals surface area contributed by atoms with Gasteiger partial charge in [0.05, 0.1) is 25.4 Å². The van der Waals surface area contributed by atoms with Crippen molar-refractivity contribution >= 4 is 6.03 Å². The molecule has 1 aliphatic heterocycles. The van der Waals surface area contributed by atoms with Gasteiger partial charge in [0, 0.05) is 20.2 Å². The molecule has 0 radical (unpaired) electrons. The lowest BCUT2D eigenvalue weighted by Crippen LogP contribution is -2.58. The number of hydrogen-bond acceptors (Lipinski definition) is 3. The monoisotopic (exact) mass is 216 g/mol. The zero-order valence-corrected chi connectivity index (χ0v) is 9.71. The van der Waals surface area contributed by atoms with Gasteiger partial charge in [0.1, 0.15) is 0 Å². The van der Waals surface area contributed by atoms with E-state index in [0.717, 1.165) is 0 Å². The molecule has 0 aromatic heterocycles. The van der Waals surface area contributed by atoms with Crippen LogP contribution in [0.2, 0.25) is 0 Å². The van der Waals surface area contributed by atoms with Crippen LogP contribution in [-0.2, 0) is 9.47 Å². The molecule has 88 valence electrons. The number of amides is 2. The van der Waals surface area contributed by atoms with E-state index in [4.69, 9.17) is 9.47 Å². The van der Waals surface area contributed by atoms with E-state index in [1.807, 2.05) is 18.7 Å². The molecule has 1 N–H and O–H groups in total. The minimum absolute atomic E-state index is 0.0413. The molecule has 1 saturated heterocycles. The third-order valence-electron chi connectivity index (χ3n) is 2.47. The van der Waals surface area contributed by atoms with Crippen LogP contribution in [0, 0.1) is 0 Å². The summed E-state index contributed by atoms with van der Waals surface area (Å²) in [6, 6.07) is -0.0413. The second kappa shape index (κ2) is 5.32. The Morgan fingerprint density at radius 2 is 2.33 bits per heavy atom. The molecule has 0 aromatic carbocycles. The van der Waals surface area contributed by atoms with E-state index < -0.39 is 0 Å². The first-order valence-corrected chi connectivity index (χ1v) is 5.20. The zero-order valence-electron chi connectivity index (χ0n) is 9.71. The lowest BCUT2D eigenvalue weighted by molar-refractivity contribution is -0.0279. The smallest absolute Gasteiger partial charge is 0.318 e. The fourth-order valence-corrected chi connectivity index (χ4v) is 1.59. The topological polar surface area (TPSA) is 50.8 Å². The highest BCUT2D eigenvalue weighted by atomic mass is 16.5. The van der Waals surface area contributed by atoms with Gasteiger partial charge in [-0.15, -0.1) is 0 Å². The molecule has 0 saturated carbocycles. The average molecular weight is 216 g/mol. The summed E-state index contributed by atoms with van der Waals surface area (Å²) in [6.45, 7) is 6.93. The molecular formula is C10H20N2O3. The van der Waals surface area contributed by atoms with Gasteiger partial charge in [-0.1, -0.05) is 0 Å². The Kier molecular flexibility index (Phi) is 4.35. The van der Waals surface area contributed by atoms with E-state index in [-0.39, 0.29) is 11.6 Å². The number of nitrogens with zero attached hydrogens (tertiary/aromatic N) is 1. The van der Waals surface area contributed by atoms with Gasteiger partial charge < -0.3 is 19.7 Å². The number of urea groups is 1. The first kappa shape index (κ1) is 12.3. The second-order valence-corrected chi connectivity index (χ2v) is 4.24.